The molecule has 0 aliphatic heterocycles. The Hall–Kier alpha value is -1.35. The van der Waals surface area contributed by atoms with E-state index in [1.165, 1.54) is 12.8 Å². The van der Waals surface area contributed by atoms with E-state index in [1.54, 1.807) is 0 Å². The van der Waals surface area contributed by atoms with Crippen LogP contribution in [0.3, 0.4) is 0 Å². The zero-order valence-electron chi connectivity index (χ0n) is 9.23. The maximum absolute atomic E-state index is 11.1. The third-order valence-corrected chi connectivity index (χ3v) is 2.93. The summed E-state index contributed by atoms with van der Waals surface area (Å²) in [5, 5.41) is 12.2. The minimum absolute atomic E-state index is 0.456. The van der Waals surface area contributed by atoms with Crippen molar-refractivity contribution in [2.75, 3.05) is 6.54 Å². The number of rotatable bonds is 6. The van der Waals surface area contributed by atoms with Gasteiger partial charge in [0, 0.05) is 0 Å². The fourth-order valence-corrected chi connectivity index (χ4v) is 1.73. The molecular weight excluding hydrogens is 202 g/mol. The molecule has 16 heavy (non-hydrogen) atoms. The van der Waals surface area contributed by atoms with Gasteiger partial charge in [0.15, 0.2) is 0 Å². The van der Waals surface area contributed by atoms with Crippen molar-refractivity contribution in [2.45, 2.75) is 25.3 Å². The first-order chi connectivity index (χ1) is 7.75. The number of carboxylic acid groups (broad SMARTS) is 1. The van der Waals surface area contributed by atoms with Gasteiger partial charge in [0.05, 0.1) is 0 Å². The molecule has 0 bridgehead atoms. The van der Waals surface area contributed by atoms with Gasteiger partial charge in [0.1, 0.15) is 6.04 Å². The molecule has 3 nitrogen and oxygen atoms in total. The second-order valence-corrected chi connectivity index (χ2v) is 4.43. The summed E-state index contributed by atoms with van der Waals surface area (Å²) in [4.78, 5) is 11.1. The van der Waals surface area contributed by atoms with E-state index in [4.69, 9.17) is 5.11 Å². The summed E-state index contributed by atoms with van der Waals surface area (Å²) in [5.41, 5.74) is 1.07. The first kappa shape index (κ1) is 11.1. The van der Waals surface area contributed by atoms with E-state index in [1.807, 2.05) is 30.3 Å². The first-order valence-electron chi connectivity index (χ1n) is 5.76. The zero-order valence-corrected chi connectivity index (χ0v) is 9.23. The van der Waals surface area contributed by atoms with Crippen LogP contribution in [-0.4, -0.2) is 23.7 Å². The second kappa shape index (κ2) is 5.12. The van der Waals surface area contributed by atoms with E-state index < -0.39 is 12.0 Å². The third kappa shape index (κ3) is 3.35. The molecule has 0 amide bonds. The van der Waals surface area contributed by atoms with Crippen molar-refractivity contribution in [2.24, 2.45) is 5.92 Å². The molecular formula is C13H17NO2. The van der Waals surface area contributed by atoms with Crippen LogP contribution in [0.5, 0.6) is 0 Å². The molecule has 2 N–H and O–H groups in total. The lowest BCUT2D eigenvalue weighted by atomic mass is 10.1. The van der Waals surface area contributed by atoms with Gasteiger partial charge in [-0.3, -0.25) is 4.79 Å². The van der Waals surface area contributed by atoms with Crippen LogP contribution in [-0.2, 0) is 11.2 Å². The van der Waals surface area contributed by atoms with E-state index in [0.29, 0.717) is 12.3 Å². The minimum Gasteiger partial charge on any atom is -0.480 e. The minimum atomic E-state index is -0.760. The highest BCUT2D eigenvalue weighted by Crippen LogP contribution is 2.27. The summed E-state index contributed by atoms with van der Waals surface area (Å²) in [6.45, 7) is 0.837. The molecule has 1 unspecified atom stereocenters. The standard InChI is InChI=1S/C13H17NO2/c15-13(16)12(14-9-11-6-7-11)8-10-4-2-1-3-5-10/h1-5,11-12,14H,6-9H2,(H,15,16). The maximum Gasteiger partial charge on any atom is 0.321 e. The number of carbonyl (C=O) groups is 1. The average Bonchev–Trinajstić information content (AvgIpc) is 3.09. The molecule has 1 aromatic carbocycles. The predicted molar refractivity (Wildman–Crippen MR) is 62.3 cm³/mol. The van der Waals surface area contributed by atoms with Crippen LogP contribution in [0, 0.1) is 5.92 Å². The smallest absolute Gasteiger partial charge is 0.321 e. The summed E-state index contributed by atoms with van der Waals surface area (Å²) in [5.74, 6) is -0.0536. The maximum atomic E-state index is 11.1. The predicted octanol–water partition coefficient (Wildman–Crippen LogP) is 1.68. The Morgan fingerprint density at radius 1 is 1.38 bits per heavy atom. The lowest BCUT2D eigenvalue weighted by Crippen LogP contribution is -2.39. The monoisotopic (exact) mass is 219 g/mol. The number of benzene rings is 1. The highest BCUT2D eigenvalue weighted by atomic mass is 16.4. The van der Waals surface area contributed by atoms with Gasteiger partial charge in [-0.25, -0.2) is 0 Å². The van der Waals surface area contributed by atoms with Gasteiger partial charge in [0.2, 0.25) is 0 Å². The van der Waals surface area contributed by atoms with E-state index >= 15 is 0 Å². The Bertz CT molecular complexity index is 346. The molecule has 1 fully saturated rings. The Morgan fingerprint density at radius 2 is 2.06 bits per heavy atom. The van der Waals surface area contributed by atoms with Gasteiger partial charge in [-0.15, -0.1) is 0 Å². The SMILES string of the molecule is O=C(O)C(Cc1ccccc1)NCC1CC1. The van der Waals surface area contributed by atoms with Gasteiger partial charge >= 0.3 is 5.97 Å². The van der Waals surface area contributed by atoms with Crippen LogP contribution in [0.25, 0.3) is 0 Å². The molecule has 0 spiro atoms. The van der Waals surface area contributed by atoms with Crippen molar-refractivity contribution in [1.82, 2.24) is 5.32 Å². The Balaban J connectivity index is 1.88. The van der Waals surface area contributed by atoms with Crippen molar-refractivity contribution in [1.29, 1.82) is 0 Å². The van der Waals surface area contributed by atoms with Crippen LogP contribution in [0.2, 0.25) is 0 Å². The molecule has 1 aliphatic rings. The Kier molecular flexibility index (Phi) is 3.57. The molecule has 1 atom stereocenters. The van der Waals surface area contributed by atoms with Crippen molar-refractivity contribution in [3.8, 4) is 0 Å². The molecule has 86 valence electrons. The molecule has 0 aromatic heterocycles. The first-order valence-corrected chi connectivity index (χ1v) is 5.76. The van der Waals surface area contributed by atoms with Gasteiger partial charge in [0.25, 0.3) is 0 Å². The summed E-state index contributed by atoms with van der Waals surface area (Å²) in [7, 11) is 0. The lowest BCUT2D eigenvalue weighted by molar-refractivity contribution is -0.139. The van der Waals surface area contributed by atoms with Crippen LogP contribution < -0.4 is 5.32 Å². The molecule has 1 aliphatic carbocycles. The van der Waals surface area contributed by atoms with Gasteiger partial charge in [-0.05, 0) is 37.3 Å². The summed E-state index contributed by atoms with van der Waals surface area (Å²) in [6.07, 6.45) is 3.04. The lowest BCUT2D eigenvalue weighted by Gasteiger charge is -2.14. The van der Waals surface area contributed by atoms with Crippen LogP contribution >= 0.6 is 0 Å². The van der Waals surface area contributed by atoms with E-state index in [-0.39, 0.29) is 0 Å². The van der Waals surface area contributed by atoms with E-state index in [0.717, 1.165) is 12.1 Å². The number of aliphatic carboxylic acids is 1. The molecule has 1 aromatic rings. The number of nitrogens with one attached hydrogen (secondary N) is 1. The van der Waals surface area contributed by atoms with Crippen molar-refractivity contribution < 1.29 is 9.90 Å². The number of hydrogen-bond acceptors (Lipinski definition) is 2. The van der Waals surface area contributed by atoms with Crippen molar-refractivity contribution in [3.63, 3.8) is 0 Å². The summed E-state index contributed by atoms with van der Waals surface area (Å²) in [6, 6.07) is 9.30. The van der Waals surface area contributed by atoms with Crippen LogP contribution in [0.4, 0.5) is 0 Å². The Morgan fingerprint density at radius 3 is 2.62 bits per heavy atom. The molecule has 2 rings (SSSR count). The van der Waals surface area contributed by atoms with Crippen molar-refractivity contribution in [3.05, 3.63) is 35.9 Å². The summed E-state index contributed by atoms with van der Waals surface area (Å²) < 4.78 is 0. The number of carboxylic acids is 1. The van der Waals surface area contributed by atoms with Crippen molar-refractivity contribution >= 4 is 5.97 Å². The molecule has 1 saturated carbocycles. The quantitative estimate of drug-likeness (QED) is 0.765. The molecule has 0 radical (unpaired) electrons. The molecule has 0 saturated heterocycles. The van der Waals surface area contributed by atoms with Gasteiger partial charge in [-0.2, -0.15) is 0 Å². The fraction of sp³-hybridized carbons (Fsp3) is 0.462. The highest BCUT2D eigenvalue weighted by Gasteiger charge is 2.24. The zero-order chi connectivity index (χ0) is 11.4. The summed E-state index contributed by atoms with van der Waals surface area (Å²) >= 11 is 0. The van der Waals surface area contributed by atoms with Crippen LogP contribution in [0.1, 0.15) is 18.4 Å². The topological polar surface area (TPSA) is 49.3 Å². The second-order valence-electron chi connectivity index (χ2n) is 4.43. The average molecular weight is 219 g/mol. The fourth-order valence-electron chi connectivity index (χ4n) is 1.73. The largest absolute Gasteiger partial charge is 0.480 e. The van der Waals surface area contributed by atoms with Gasteiger partial charge in [-0.1, -0.05) is 30.3 Å². The Labute approximate surface area is 95.5 Å². The van der Waals surface area contributed by atoms with E-state index in [9.17, 15) is 4.79 Å². The highest BCUT2D eigenvalue weighted by molar-refractivity contribution is 5.73. The normalized spacial score (nSPS) is 17.0. The molecule has 0 heterocycles. The van der Waals surface area contributed by atoms with Gasteiger partial charge < -0.3 is 10.4 Å². The van der Waals surface area contributed by atoms with Crippen LogP contribution in [0.15, 0.2) is 30.3 Å². The van der Waals surface area contributed by atoms with E-state index in [2.05, 4.69) is 5.32 Å². The third-order valence-electron chi connectivity index (χ3n) is 2.93. The number of hydrogen-bond donors (Lipinski definition) is 2. The molecule has 3 heteroatoms.